The maximum absolute atomic E-state index is 12.6. The molecule has 3 rings (SSSR count). The van der Waals surface area contributed by atoms with Crippen molar-refractivity contribution < 1.29 is 9.47 Å². The summed E-state index contributed by atoms with van der Waals surface area (Å²) in [5.74, 6) is 0.378. The molecule has 0 aliphatic carbocycles. The average molecular weight is 280 g/mol. The third-order valence-electron chi connectivity index (χ3n) is 3.44. The molecule has 0 saturated heterocycles. The van der Waals surface area contributed by atoms with Crippen molar-refractivity contribution in [3.05, 3.63) is 88.3 Å². The summed E-state index contributed by atoms with van der Waals surface area (Å²) in [6, 6.07) is 17.0. The Kier molecular flexibility index (Phi) is 4.01. The lowest BCUT2D eigenvalue weighted by Crippen LogP contribution is -2.14. The highest BCUT2D eigenvalue weighted by Gasteiger charge is 2.17. The molecule has 0 amide bonds. The molecule has 0 aromatic heterocycles. The number of rotatable bonds is 4. The average Bonchev–Trinajstić information content (AvgIpc) is 2.98. The summed E-state index contributed by atoms with van der Waals surface area (Å²) in [6.45, 7) is 0.897. The van der Waals surface area contributed by atoms with E-state index in [0.29, 0.717) is 24.5 Å². The highest BCUT2D eigenvalue weighted by Crippen LogP contribution is 2.20. The lowest BCUT2D eigenvalue weighted by atomic mass is 10.0. The van der Waals surface area contributed by atoms with E-state index in [4.69, 9.17) is 9.47 Å². The smallest absolute Gasteiger partial charge is 0.224 e. The molecule has 2 aromatic rings. The SMILES string of the molecule is O=c1c(OCc2ccccc2)ccccc1C1C=COC1. The topological polar surface area (TPSA) is 35.5 Å². The molecule has 3 nitrogen and oxygen atoms in total. The lowest BCUT2D eigenvalue weighted by molar-refractivity contribution is 0.268. The third-order valence-corrected chi connectivity index (χ3v) is 3.44. The molecule has 1 heterocycles. The Bertz CT molecular complexity index is 692. The van der Waals surface area contributed by atoms with Gasteiger partial charge >= 0.3 is 0 Å². The zero-order valence-electron chi connectivity index (χ0n) is 11.6. The fraction of sp³-hybridized carbons (Fsp3) is 0.167. The summed E-state index contributed by atoms with van der Waals surface area (Å²) in [4.78, 5) is 12.6. The summed E-state index contributed by atoms with van der Waals surface area (Å²) in [5.41, 5.74) is 1.67. The first kappa shape index (κ1) is 13.4. The van der Waals surface area contributed by atoms with E-state index in [2.05, 4.69) is 0 Å². The van der Waals surface area contributed by atoms with Crippen molar-refractivity contribution in [1.29, 1.82) is 0 Å². The molecule has 0 fully saturated rings. The van der Waals surface area contributed by atoms with Crippen molar-refractivity contribution in [3.63, 3.8) is 0 Å². The molecule has 0 bridgehead atoms. The molecule has 1 atom stereocenters. The largest absolute Gasteiger partial charge is 0.501 e. The Hall–Kier alpha value is -2.55. The molecule has 1 aliphatic rings. The monoisotopic (exact) mass is 280 g/mol. The standard InChI is InChI=1S/C18H16O3/c19-18-16(15-10-11-20-13-15)8-4-5-9-17(18)21-12-14-6-2-1-3-7-14/h1-11,15H,12-13H2. The van der Waals surface area contributed by atoms with Crippen molar-refractivity contribution in [2.24, 2.45) is 0 Å². The highest BCUT2D eigenvalue weighted by atomic mass is 16.5. The molecule has 3 heteroatoms. The van der Waals surface area contributed by atoms with Crippen LogP contribution >= 0.6 is 0 Å². The van der Waals surface area contributed by atoms with Gasteiger partial charge in [-0.1, -0.05) is 48.5 Å². The van der Waals surface area contributed by atoms with Crippen LogP contribution in [0.1, 0.15) is 17.0 Å². The van der Waals surface area contributed by atoms with Crippen LogP contribution in [0.3, 0.4) is 0 Å². The van der Waals surface area contributed by atoms with Crippen LogP contribution in [-0.2, 0) is 11.3 Å². The molecule has 0 radical (unpaired) electrons. The van der Waals surface area contributed by atoms with Crippen LogP contribution in [0.25, 0.3) is 0 Å². The van der Waals surface area contributed by atoms with E-state index in [9.17, 15) is 4.79 Å². The van der Waals surface area contributed by atoms with E-state index >= 15 is 0 Å². The van der Waals surface area contributed by atoms with Crippen molar-refractivity contribution in [2.75, 3.05) is 6.61 Å². The molecule has 0 N–H and O–H groups in total. The highest BCUT2D eigenvalue weighted by molar-refractivity contribution is 5.32. The first-order valence-electron chi connectivity index (χ1n) is 6.93. The van der Waals surface area contributed by atoms with Crippen LogP contribution in [-0.4, -0.2) is 6.61 Å². The molecule has 0 spiro atoms. The van der Waals surface area contributed by atoms with Gasteiger partial charge in [-0.15, -0.1) is 0 Å². The second-order valence-electron chi connectivity index (χ2n) is 4.91. The fourth-order valence-corrected chi connectivity index (χ4v) is 2.30. The van der Waals surface area contributed by atoms with Crippen LogP contribution in [0.5, 0.6) is 5.75 Å². The summed E-state index contributed by atoms with van der Waals surface area (Å²) in [7, 11) is 0. The molecular formula is C18H16O3. The molecule has 1 aliphatic heterocycles. The first-order valence-corrected chi connectivity index (χ1v) is 6.93. The van der Waals surface area contributed by atoms with Gasteiger partial charge in [0.1, 0.15) is 6.61 Å². The second kappa shape index (κ2) is 6.27. The molecular weight excluding hydrogens is 264 g/mol. The minimum Gasteiger partial charge on any atom is -0.501 e. The molecule has 21 heavy (non-hydrogen) atoms. The predicted octanol–water partition coefficient (Wildman–Crippen LogP) is 3.25. The van der Waals surface area contributed by atoms with Crippen molar-refractivity contribution >= 4 is 0 Å². The number of ether oxygens (including phenoxy) is 2. The number of hydrogen-bond donors (Lipinski definition) is 0. The zero-order valence-corrected chi connectivity index (χ0v) is 11.6. The quantitative estimate of drug-likeness (QED) is 0.862. The van der Waals surface area contributed by atoms with Crippen LogP contribution < -0.4 is 10.2 Å². The van der Waals surface area contributed by atoms with Gasteiger partial charge in [-0.25, -0.2) is 0 Å². The minimum atomic E-state index is -0.0731. The Morgan fingerprint density at radius 2 is 1.81 bits per heavy atom. The zero-order chi connectivity index (χ0) is 14.5. The predicted molar refractivity (Wildman–Crippen MR) is 81.3 cm³/mol. The number of hydrogen-bond acceptors (Lipinski definition) is 3. The van der Waals surface area contributed by atoms with E-state index in [1.807, 2.05) is 54.6 Å². The van der Waals surface area contributed by atoms with Crippen molar-refractivity contribution in [1.82, 2.24) is 0 Å². The molecule has 1 unspecified atom stereocenters. The number of benzene rings is 1. The lowest BCUT2D eigenvalue weighted by Gasteiger charge is -2.07. The van der Waals surface area contributed by atoms with Gasteiger partial charge in [-0.3, -0.25) is 4.79 Å². The van der Waals surface area contributed by atoms with Gasteiger partial charge in [-0.05, 0) is 17.7 Å². The van der Waals surface area contributed by atoms with E-state index in [-0.39, 0.29) is 11.3 Å². The maximum Gasteiger partial charge on any atom is 0.224 e. The fourth-order valence-electron chi connectivity index (χ4n) is 2.30. The summed E-state index contributed by atoms with van der Waals surface area (Å²) in [6.07, 6.45) is 3.54. The van der Waals surface area contributed by atoms with Gasteiger partial charge in [0.2, 0.25) is 5.43 Å². The normalized spacial score (nSPS) is 16.5. The molecule has 106 valence electrons. The molecule has 0 saturated carbocycles. The Labute approximate surface area is 123 Å². The van der Waals surface area contributed by atoms with Crippen molar-refractivity contribution in [2.45, 2.75) is 12.5 Å². The summed E-state index contributed by atoms with van der Waals surface area (Å²) in [5, 5.41) is 0. The second-order valence-corrected chi connectivity index (χ2v) is 4.91. The van der Waals surface area contributed by atoms with Crippen molar-refractivity contribution in [3.8, 4) is 5.75 Å². The van der Waals surface area contributed by atoms with Crippen LogP contribution in [0.15, 0.2) is 71.7 Å². The molecule has 2 aromatic carbocycles. The Morgan fingerprint density at radius 3 is 2.57 bits per heavy atom. The van der Waals surface area contributed by atoms with Gasteiger partial charge in [0.05, 0.1) is 12.9 Å². The van der Waals surface area contributed by atoms with Crippen LogP contribution in [0.4, 0.5) is 0 Å². The Morgan fingerprint density at radius 1 is 1.05 bits per heavy atom. The van der Waals surface area contributed by atoms with E-state index in [1.54, 1.807) is 12.3 Å². The summed E-state index contributed by atoms with van der Waals surface area (Å²) >= 11 is 0. The minimum absolute atomic E-state index is 0.00368. The van der Waals surface area contributed by atoms with E-state index < -0.39 is 0 Å². The first-order chi connectivity index (χ1) is 10.3. The van der Waals surface area contributed by atoms with Crippen LogP contribution in [0, 0.1) is 0 Å². The van der Waals surface area contributed by atoms with Gasteiger partial charge in [0.15, 0.2) is 5.75 Å². The van der Waals surface area contributed by atoms with Gasteiger partial charge in [-0.2, -0.15) is 0 Å². The maximum atomic E-state index is 12.6. The summed E-state index contributed by atoms with van der Waals surface area (Å²) < 4.78 is 10.9. The third kappa shape index (κ3) is 3.14. The van der Waals surface area contributed by atoms with Gasteiger partial charge in [0, 0.05) is 11.5 Å². The van der Waals surface area contributed by atoms with E-state index in [0.717, 1.165) is 5.56 Å². The van der Waals surface area contributed by atoms with Gasteiger partial charge in [0.25, 0.3) is 0 Å². The Balaban J connectivity index is 1.85. The van der Waals surface area contributed by atoms with Crippen LogP contribution in [0.2, 0.25) is 0 Å². The van der Waals surface area contributed by atoms with Gasteiger partial charge < -0.3 is 9.47 Å². The van der Waals surface area contributed by atoms with E-state index in [1.165, 1.54) is 0 Å².